The lowest BCUT2D eigenvalue weighted by atomic mass is 9.97. The Labute approximate surface area is 144 Å². The average molecular weight is 338 g/mol. The van der Waals surface area contributed by atoms with Gasteiger partial charge < -0.3 is 5.32 Å². The third kappa shape index (κ3) is 2.63. The summed E-state index contributed by atoms with van der Waals surface area (Å²) in [4.78, 5) is 19.7. The van der Waals surface area contributed by atoms with E-state index < -0.39 is 0 Å². The zero-order valence-corrected chi connectivity index (χ0v) is 13.8. The van der Waals surface area contributed by atoms with E-state index in [9.17, 15) is 4.79 Å². The number of amides is 1. The van der Waals surface area contributed by atoms with Crippen LogP contribution in [0.2, 0.25) is 0 Å². The first-order valence-corrected chi connectivity index (χ1v) is 8.44. The number of benzene rings is 1. The standard InChI is InChI=1S/C19H16ClN3O/c20-10-16-4-3-12-6-13-7-15(8-14(13)9-18(12)23-16)17-2-1-5-21-19(17)22-11-24/h1-6,9,11,15H,7-8,10H2,(H,21,22,24). The Morgan fingerprint density at radius 1 is 1.21 bits per heavy atom. The fourth-order valence-electron chi connectivity index (χ4n) is 3.50. The van der Waals surface area contributed by atoms with Gasteiger partial charge in [0.25, 0.3) is 0 Å². The van der Waals surface area contributed by atoms with Crippen molar-refractivity contribution in [3.63, 3.8) is 0 Å². The lowest BCUT2D eigenvalue weighted by Gasteiger charge is -2.13. The molecule has 1 atom stereocenters. The molecule has 4 rings (SSSR count). The largest absolute Gasteiger partial charge is 0.313 e. The van der Waals surface area contributed by atoms with Gasteiger partial charge in [-0.05, 0) is 59.7 Å². The first kappa shape index (κ1) is 15.1. The molecule has 1 aromatic carbocycles. The van der Waals surface area contributed by atoms with Gasteiger partial charge in [-0.2, -0.15) is 0 Å². The lowest BCUT2D eigenvalue weighted by Crippen LogP contribution is -2.06. The van der Waals surface area contributed by atoms with Gasteiger partial charge in [0.2, 0.25) is 6.41 Å². The van der Waals surface area contributed by atoms with Crippen LogP contribution in [0.1, 0.15) is 28.3 Å². The number of nitrogens with zero attached hydrogens (tertiary/aromatic N) is 2. The number of anilines is 1. The summed E-state index contributed by atoms with van der Waals surface area (Å²) in [7, 11) is 0. The number of rotatable bonds is 4. The average Bonchev–Trinajstić information content (AvgIpc) is 3.02. The molecule has 2 aromatic heterocycles. The Morgan fingerprint density at radius 3 is 2.83 bits per heavy atom. The predicted molar refractivity (Wildman–Crippen MR) is 95.4 cm³/mol. The maximum atomic E-state index is 10.8. The van der Waals surface area contributed by atoms with E-state index in [4.69, 9.17) is 11.6 Å². The van der Waals surface area contributed by atoms with Gasteiger partial charge in [0.15, 0.2) is 0 Å². The summed E-state index contributed by atoms with van der Waals surface area (Å²) in [5.74, 6) is 1.39. The summed E-state index contributed by atoms with van der Waals surface area (Å²) in [5.41, 5.74) is 5.62. The number of alkyl halides is 1. The van der Waals surface area contributed by atoms with Crippen LogP contribution in [-0.2, 0) is 23.5 Å². The number of nitrogens with one attached hydrogen (secondary N) is 1. The van der Waals surface area contributed by atoms with E-state index in [0.29, 0.717) is 24.0 Å². The van der Waals surface area contributed by atoms with Gasteiger partial charge in [-0.25, -0.2) is 4.98 Å². The van der Waals surface area contributed by atoms with Gasteiger partial charge in [-0.15, -0.1) is 11.6 Å². The van der Waals surface area contributed by atoms with Crippen LogP contribution in [0.15, 0.2) is 42.6 Å². The molecule has 0 saturated heterocycles. The first-order chi connectivity index (χ1) is 11.8. The van der Waals surface area contributed by atoms with Crippen molar-refractivity contribution < 1.29 is 4.79 Å². The number of halogens is 1. The molecule has 1 N–H and O–H groups in total. The molecule has 0 bridgehead atoms. The highest BCUT2D eigenvalue weighted by Gasteiger charge is 2.25. The first-order valence-electron chi connectivity index (χ1n) is 7.91. The number of carbonyl (C=O) groups is 1. The van der Waals surface area contributed by atoms with E-state index in [1.165, 1.54) is 11.1 Å². The SMILES string of the molecule is O=CNc1ncccc1C1Cc2cc3ccc(CCl)nc3cc2C1. The van der Waals surface area contributed by atoms with Gasteiger partial charge in [-0.1, -0.05) is 12.1 Å². The summed E-state index contributed by atoms with van der Waals surface area (Å²) in [5, 5.41) is 3.85. The lowest BCUT2D eigenvalue weighted by molar-refractivity contribution is -0.105. The van der Waals surface area contributed by atoms with Crippen molar-refractivity contribution in [2.75, 3.05) is 5.32 Å². The third-order valence-electron chi connectivity index (χ3n) is 4.61. The Balaban J connectivity index is 1.71. The summed E-state index contributed by atoms with van der Waals surface area (Å²) < 4.78 is 0. The smallest absolute Gasteiger partial charge is 0.212 e. The summed E-state index contributed by atoms with van der Waals surface area (Å²) in [6, 6.07) is 12.4. The van der Waals surface area contributed by atoms with Gasteiger partial charge >= 0.3 is 0 Å². The van der Waals surface area contributed by atoms with Gasteiger partial charge in [-0.3, -0.25) is 9.78 Å². The molecule has 0 radical (unpaired) electrons. The Hall–Kier alpha value is -2.46. The second-order valence-electron chi connectivity index (χ2n) is 6.06. The third-order valence-corrected chi connectivity index (χ3v) is 4.89. The summed E-state index contributed by atoms with van der Waals surface area (Å²) in [6.45, 7) is 0. The second-order valence-corrected chi connectivity index (χ2v) is 6.33. The molecule has 24 heavy (non-hydrogen) atoms. The van der Waals surface area contributed by atoms with E-state index >= 15 is 0 Å². The Kier molecular flexibility index (Phi) is 3.90. The normalized spacial score (nSPS) is 16.1. The number of pyridine rings is 2. The number of hydrogen-bond acceptors (Lipinski definition) is 3. The maximum Gasteiger partial charge on any atom is 0.212 e. The van der Waals surface area contributed by atoms with Gasteiger partial charge in [0.1, 0.15) is 5.82 Å². The quantitative estimate of drug-likeness (QED) is 0.581. The molecule has 0 saturated carbocycles. The van der Waals surface area contributed by atoms with E-state index in [2.05, 4.69) is 33.5 Å². The number of hydrogen-bond donors (Lipinski definition) is 1. The molecule has 0 fully saturated rings. The van der Waals surface area contributed by atoms with Crippen molar-refractivity contribution >= 4 is 34.7 Å². The summed E-state index contributed by atoms with van der Waals surface area (Å²) >= 11 is 5.89. The molecule has 3 aromatic rings. The van der Waals surface area contributed by atoms with Crippen LogP contribution in [0.3, 0.4) is 0 Å². The zero-order chi connectivity index (χ0) is 16.5. The monoisotopic (exact) mass is 337 g/mol. The fraction of sp³-hybridized carbons (Fsp3) is 0.211. The Morgan fingerprint density at radius 2 is 2.04 bits per heavy atom. The number of carbonyl (C=O) groups excluding carboxylic acids is 1. The fourth-order valence-corrected chi connectivity index (χ4v) is 3.65. The minimum Gasteiger partial charge on any atom is -0.313 e. The highest BCUT2D eigenvalue weighted by atomic mass is 35.5. The van der Waals surface area contributed by atoms with Crippen LogP contribution < -0.4 is 5.32 Å². The molecule has 1 unspecified atom stereocenters. The minimum absolute atomic E-state index is 0.320. The van der Waals surface area contributed by atoms with Gasteiger partial charge in [0, 0.05) is 11.6 Å². The molecule has 4 nitrogen and oxygen atoms in total. The van der Waals surface area contributed by atoms with Crippen molar-refractivity contribution in [3.05, 3.63) is 65.0 Å². The highest BCUT2D eigenvalue weighted by molar-refractivity contribution is 6.16. The van der Waals surface area contributed by atoms with E-state index in [1.54, 1.807) is 6.20 Å². The van der Waals surface area contributed by atoms with E-state index in [0.717, 1.165) is 35.0 Å². The van der Waals surface area contributed by atoms with Crippen molar-refractivity contribution in [1.82, 2.24) is 9.97 Å². The molecule has 0 aliphatic heterocycles. The topological polar surface area (TPSA) is 54.9 Å². The maximum absolute atomic E-state index is 10.8. The molecular formula is C19H16ClN3O. The highest BCUT2D eigenvalue weighted by Crippen LogP contribution is 2.38. The number of aromatic nitrogens is 2. The van der Waals surface area contributed by atoms with Crippen LogP contribution in [0.5, 0.6) is 0 Å². The van der Waals surface area contributed by atoms with E-state index in [1.807, 2.05) is 18.2 Å². The van der Waals surface area contributed by atoms with Crippen molar-refractivity contribution in [2.45, 2.75) is 24.6 Å². The van der Waals surface area contributed by atoms with Crippen LogP contribution in [0, 0.1) is 0 Å². The molecule has 2 heterocycles. The van der Waals surface area contributed by atoms with E-state index in [-0.39, 0.29) is 0 Å². The van der Waals surface area contributed by atoms with Crippen molar-refractivity contribution in [1.29, 1.82) is 0 Å². The number of fused-ring (bicyclic) bond motifs is 2. The van der Waals surface area contributed by atoms with Crippen LogP contribution in [-0.4, -0.2) is 16.4 Å². The molecule has 1 aliphatic carbocycles. The predicted octanol–water partition coefficient (Wildman–Crippen LogP) is 3.82. The molecular weight excluding hydrogens is 322 g/mol. The minimum atomic E-state index is 0.320. The molecule has 1 aliphatic rings. The Bertz CT molecular complexity index is 926. The van der Waals surface area contributed by atoms with Crippen molar-refractivity contribution in [3.8, 4) is 0 Å². The molecule has 5 heteroatoms. The van der Waals surface area contributed by atoms with Crippen LogP contribution in [0.25, 0.3) is 10.9 Å². The van der Waals surface area contributed by atoms with Crippen LogP contribution in [0.4, 0.5) is 5.82 Å². The zero-order valence-electron chi connectivity index (χ0n) is 13.0. The second kappa shape index (κ2) is 6.21. The van der Waals surface area contributed by atoms with Crippen molar-refractivity contribution in [2.24, 2.45) is 0 Å². The molecule has 120 valence electrons. The molecule has 0 spiro atoms. The van der Waals surface area contributed by atoms with Gasteiger partial charge in [0.05, 0.1) is 17.1 Å². The van der Waals surface area contributed by atoms with Crippen LogP contribution >= 0.6 is 11.6 Å². The summed E-state index contributed by atoms with van der Waals surface area (Å²) in [6.07, 6.45) is 4.25. The molecule has 1 amide bonds.